The Morgan fingerprint density at radius 1 is 1.54 bits per heavy atom. The van der Waals surface area contributed by atoms with Gasteiger partial charge in [0.2, 0.25) is 0 Å². The van der Waals surface area contributed by atoms with Crippen molar-refractivity contribution in [2.24, 2.45) is 0 Å². The van der Waals surface area contributed by atoms with E-state index in [9.17, 15) is 0 Å². The molecular weight excluding hydrogens is 200 g/mol. The van der Waals surface area contributed by atoms with E-state index in [1.54, 1.807) is 11.3 Å². The van der Waals surface area contributed by atoms with Gasteiger partial charge in [-0.1, -0.05) is 0 Å². The largest absolute Gasteiger partial charge is 0.363 e. The maximum absolute atomic E-state index is 5.05. The van der Waals surface area contributed by atoms with Gasteiger partial charge in [-0.15, -0.1) is 11.3 Å². The van der Waals surface area contributed by atoms with Crippen LogP contribution in [-0.2, 0) is 6.54 Å². The van der Waals surface area contributed by atoms with Crippen molar-refractivity contribution in [1.82, 2.24) is 10.6 Å². The molecular formula is C9H14N2S2. The number of hydrogen-bond acceptors (Lipinski definition) is 2. The average Bonchev–Trinajstić information content (AvgIpc) is 2.48. The fourth-order valence-electron chi connectivity index (χ4n) is 0.969. The molecule has 0 fully saturated rings. The summed E-state index contributed by atoms with van der Waals surface area (Å²) in [6.45, 7) is 5.85. The van der Waals surface area contributed by atoms with Gasteiger partial charge in [-0.05, 0) is 43.1 Å². The van der Waals surface area contributed by atoms with E-state index in [2.05, 4.69) is 29.0 Å². The fraction of sp³-hybridized carbons (Fsp3) is 0.444. The van der Waals surface area contributed by atoms with Gasteiger partial charge in [0.15, 0.2) is 5.11 Å². The van der Waals surface area contributed by atoms with E-state index < -0.39 is 0 Å². The van der Waals surface area contributed by atoms with Crippen molar-refractivity contribution in [2.75, 3.05) is 6.54 Å². The van der Waals surface area contributed by atoms with E-state index in [0.717, 1.165) is 18.2 Å². The molecule has 1 heterocycles. The van der Waals surface area contributed by atoms with Crippen LogP contribution in [0.5, 0.6) is 0 Å². The molecule has 13 heavy (non-hydrogen) atoms. The summed E-state index contributed by atoms with van der Waals surface area (Å²) in [5.74, 6) is 0. The highest BCUT2D eigenvalue weighted by Gasteiger charge is 1.99. The topological polar surface area (TPSA) is 24.1 Å². The minimum atomic E-state index is 0.732. The van der Waals surface area contributed by atoms with Gasteiger partial charge in [-0.3, -0.25) is 0 Å². The summed E-state index contributed by atoms with van der Waals surface area (Å²) < 4.78 is 0. The van der Waals surface area contributed by atoms with Gasteiger partial charge >= 0.3 is 0 Å². The predicted octanol–water partition coefficient (Wildman–Crippen LogP) is 2.04. The van der Waals surface area contributed by atoms with Gasteiger partial charge in [0.1, 0.15) is 0 Å². The second kappa shape index (κ2) is 5.19. The number of thiocarbonyl (C=S) groups is 1. The van der Waals surface area contributed by atoms with E-state index in [4.69, 9.17) is 12.2 Å². The SMILES string of the molecule is CCNC(=S)NCc1sccc1C. The lowest BCUT2D eigenvalue weighted by atomic mass is 10.3. The van der Waals surface area contributed by atoms with E-state index >= 15 is 0 Å². The molecule has 4 heteroatoms. The third-order valence-electron chi connectivity index (χ3n) is 1.72. The molecule has 0 atom stereocenters. The second-order valence-corrected chi connectivity index (χ2v) is 4.15. The zero-order chi connectivity index (χ0) is 9.68. The molecule has 0 aliphatic heterocycles. The van der Waals surface area contributed by atoms with Gasteiger partial charge in [0.25, 0.3) is 0 Å². The Balaban J connectivity index is 2.35. The Hall–Kier alpha value is -0.610. The predicted molar refractivity (Wildman–Crippen MR) is 62.2 cm³/mol. The molecule has 1 rings (SSSR count). The molecule has 0 bridgehead atoms. The molecule has 0 aliphatic rings. The fourth-order valence-corrected chi connectivity index (χ4v) is 2.03. The van der Waals surface area contributed by atoms with Crippen molar-refractivity contribution in [3.8, 4) is 0 Å². The summed E-state index contributed by atoms with van der Waals surface area (Å²) in [7, 11) is 0. The lowest BCUT2D eigenvalue weighted by Crippen LogP contribution is -2.34. The summed E-state index contributed by atoms with van der Waals surface area (Å²) in [5, 5.41) is 9.04. The number of hydrogen-bond donors (Lipinski definition) is 2. The molecule has 1 aromatic rings. The first kappa shape index (κ1) is 10.5. The quantitative estimate of drug-likeness (QED) is 0.753. The Kier molecular flexibility index (Phi) is 4.18. The molecule has 0 amide bonds. The van der Waals surface area contributed by atoms with Crippen molar-refractivity contribution in [1.29, 1.82) is 0 Å². The van der Waals surface area contributed by atoms with Gasteiger partial charge in [0.05, 0.1) is 6.54 Å². The zero-order valence-corrected chi connectivity index (χ0v) is 9.52. The van der Waals surface area contributed by atoms with Crippen LogP contribution in [0.2, 0.25) is 0 Å². The molecule has 0 unspecified atom stereocenters. The first-order valence-corrected chi connectivity index (χ1v) is 5.57. The van der Waals surface area contributed by atoms with Crippen LogP contribution >= 0.6 is 23.6 Å². The molecule has 0 saturated carbocycles. The molecule has 1 aromatic heterocycles. The van der Waals surface area contributed by atoms with Crippen LogP contribution in [0, 0.1) is 6.92 Å². The van der Waals surface area contributed by atoms with Crippen molar-refractivity contribution >= 4 is 28.7 Å². The molecule has 0 spiro atoms. The summed E-state index contributed by atoms with van der Waals surface area (Å²) in [6, 6.07) is 2.12. The Morgan fingerprint density at radius 2 is 2.31 bits per heavy atom. The lowest BCUT2D eigenvalue weighted by molar-refractivity contribution is 0.861. The van der Waals surface area contributed by atoms with Crippen molar-refractivity contribution in [3.05, 3.63) is 21.9 Å². The van der Waals surface area contributed by atoms with Crippen molar-refractivity contribution in [2.45, 2.75) is 20.4 Å². The Labute approximate surface area is 88.4 Å². The molecule has 2 N–H and O–H groups in total. The summed E-state index contributed by atoms with van der Waals surface area (Å²) in [6.07, 6.45) is 0. The Bertz CT molecular complexity index is 281. The molecule has 0 saturated heterocycles. The van der Waals surface area contributed by atoms with Gasteiger partial charge in [-0.2, -0.15) is 0 Å². The van der Waals surface area contributed by atoms with E-state index in [0.29, 0.717) is 0 Å². The summed E-state index contributed by atoms with van der Waals surface area (Å²) in [4.78, 5) is 1.35. The number of aryl methyl sites for hydroxylation is 1. The van der Waals surface area contributed by atoms with Crippen molar-refractivity contribution < 1.29 is 0 Å². The average molecular weight is 214 g/mol. The van der Waals surface area contributed by atoms with Gasteiger partial charge in [-0.25, -0.2) is 0 Å². The highest BCUT2D eigenvalue weighted by Crippen LogP contribution is 2.14. The van der Waals surface area contributed by atoms with Crippen molar-refractivity contribution in [3.63, 3.8) is 0 Å². The van der Waals surface area contributed by atoms with Crippen LogP contribution < -0.4 is 10.6 Å². The van der Waals surface area contributed by atoms with Crippen LogP contribution in [0.25, 0.3) is 0 Å². The zero-order valence-electron chi connectivity index (χ0n) is 7.89. The monoisotopic (exact) mass is 214 g/mol. The summed E-state index contributed by atoms with van der Waals surface area (Å²) in [5.41, 5.74) is 1.33. The number of rotatable bonds is 3. The van der Waals surface area contributed by atoms with E-state index in [-0.39, 0.29) is 0 Å². The highest BCUT2D eigenvalue weighted by molar-refractivity contribution is 7.80. The normalized spacial score (nSPS) is 9.69. The standard InChI is InChI=1S/C9H14N2S2/c1-3-10-9(12)11-6-8-7(2)4-5-13-8/h4-5H,3,6H2,1-2H3,(H2,10,11,12). The lowest BCUT2D eigenvalue weighted by Gasteiger charge is -2.07. The maximum atomic E-state index is 5.05. The van der Waals surface area contributed by atoms with Gasteiger partial charge in [0, 0.05) is 11.4 Å². The van der Waals surface area contributed by atoms with Crippen LogP contribution in [0.3, 0.4) is 0 Å². The number of thiophene rings is 1. The third kappa shape index (κ3) is 3.32. The molecule has 0 radical (unpaired) electrons. The van der Waals surface area contributed by atoms with E-state index in [1.807, 2.05) is 6.92 Å². The first-order chi connectivity index (χ1) is 6.24. The Morgan fingerprint density at radius 3 is 2.85 bits per heavy atom. The molecule has 2 nitrogen and oxygen atoms in total. The van der Waals surface area contributed by atoms with Crippen LogP contribution in [-0.4, -0.2) is 11.7 Å². The molecule has 0 aromatic carbocycles. The first-order valence-electron chi connectivity index (χ1n) is 4.28. The van der Waals surface area contributed by atoms with Crippen LogP contribution in [0.4, 0.5) is 0 Å². The van der Waals surface area contributed by atoms with Crippen LogP contribution in [0.15, 0.2) is 11.4 Å². The third-order valence-corrected chi connectivity index (χ3v) is 3.03. The second-order valence-electron chi connectivity index (χ2n) is 2.74. The highest BCUT2D eigenvalue weighted by atomic mass is 32.1. The summed E-state index contributed by atoms with van der Waals surface area (Å²) >= 11 is 6.81. The minimum Gasteiger partial charge on any atom is -0.363 e. The molecule has 0 aliphatic carbocycles. The van der Waals surface area contributed by atoms with Gasteiger partial charge < -0.3 is 10.6 Å². The van der Waals surface area contributed by atoms with E-state index in [1.165, 1.54) is 10.4 Å². The minimum absolute atomic E-state index is 0.732. The number of nitrogens with one attached hydrogen (secondary N) is 2. The smallest absolute Gasteiger partial charge is 0.166 e. The molecule has 72 valence electrons. The maximum Gasteiger partial charge on any atom is 0.166 e. The van der Waals surface area contributed by atoms with Crippen LogP contribution in [0.1, 0.15) is 17.4 Å².